The number of hydrogen-bond donors (Lipinski definition) is 0. The van der Waals surface area contributed by atoms with Gasteiger partial charge in [-0.15, -0.1) is 0 Å². The molecule has 0 unspecified atom stereocenters. The van der Waals surface area contributed by atoms with Crippen LogP contribution in [0, 0.1) is 0 Å². The quantitative estimate of drug-likeness (QED) is 0.338. The second-order valence-corrected chi connectivity index (χ2v) is 8.53. The van der Waals surface area contributed by atoms with Gasteiger partial charge in [-0.05, 0) is 29.3 Å². The molecule has 2 heterocycles. The van der Waals surface area contributed by atoms with Crippen molar-refractivity contribution in [1.29, 1.82) is 0 Å². The first-order chi connectivity index (χ1) is 17.0. The average molecular weight is 506 g/mol. The highest BCUT2D eigenvalue weighted by molar-refractivity contribution is 5.99. The molecule has 2 aromatic carbocycles. The maximum absolute atomic E-state index is 13.9. The summed E-state index contributed by atoms with van der Waals surface area (Å²) in [6, 6.07) is 9.64. The number of aromatic nitrogens is 1. The van der Waals surface area contributed by atoms with Crippen LogP contribution in [0.25, 0.3) is 11.1 Å². The molecule has 0 N–H and O–H groups in total. The van der Waals surface area contributed by atoms with Crippen LogP contribution in [-0.2, 0) is 24.4 Å². The molecule has 1 saturated heterocycles. The molecule has 4 rings (SSSR count). The lowest BCUT2D eigenvalue weighted by atomic mass is 9.94. The highest BCUT2D eigenvalue weighted by Crippen LogP contribution is 2.34. The standard InChI is InChI=1S/C26H23F5N2O3/c1-32-15-18(14-22(25(32)35)33-7-9-36-10-8-33)21-13-17(5-6-20(21)24(27)28)23(34)12-16-3-2-4-19(11-16)26(29,30)31/h2-6,11,13-15,24H,7-10,12H2,1H3. The van der Waals surface area contributed by atoms with Crippen molar-refractivity contribution in [2.45, 2.75) is 19.0 Å². The summed E-state index contributed by atoms with van der Waals surface area (Å²) in [6.45, 7) is 1.79. The number of anilines is 1. The Hall–Kier alpha value is -3.53. The first-order valence-electron chi connectivity index (χ1n) is 11.2. The molecule has 0 saturated carbocycles. The van der Waals surface area contributed by atoms with Crippen molar-refractivity contribution < 1.29 is 31.5 Å². The van der Waals surface area contributed by atoms with Crippen molar-refractivity contribution in [3.05, 3.63) is 87.3 Å². The Morgan fingerprint density at radius 1 is 1.06 bits per heavy atom. The van der Waals surface area contributed by atoms with E-state index >= 15 is 0 Å². The number of pyridine rings is 1. The fraction of sp³-hybridized carbons (Fsp3) is 0.308. The maximum atomic E-state index is 13.9. The molecular formula is C26H23F5N2O3. The SMILES string of the molecule is Cn1cc(-c2cc(C(=O)Cc3cccc(C(F)(F)F)c3)ccc2C(F)F)cc(N2CCOCC2)c1=O. The molecule has 5 nitrogen and oxygen atoms in total. The van der Waals surface area contributed by atoms with Crippen LogP contribution in [0.4, 0.5) is 27.6 Å². The minimum atomic E-state index is -4.55. The zero-order valence-electron chi connectivity index (χ0n) is 19.3. The molecule has 0 aliphatic carbocycles. The summed E-state index contributed by atoms with van der Waals surface area (Å²) in [5, 5.41) is 0. The summed E-state index contributed by atoms with van der Waals surface area (Å²) in [7, 11) is 1.51. The lowest BCUT2D eigenvalue weighted by Gasteiger charge is -2.29. The predicted molar refractivity (Wildman–Crippen MR) is 125 cm³/mol. The highest BCUT2D eigenvalue weighted by atomic mass is 19.4. The molecule has 36 heavy (non-hydrogen) atoms. The fourth-order valence-corrected chi connectivity index (χ4v) is 4.19. The number of ketones is 1. The van der Waals surface area contributed by atoms with Gasteiger partial charge in [0.2, 0.25) is 0 Å². The van der Waals surface area contributed by atoms with E-state index in [9.17, 15) is 31.5 Å². The number of morpholine rings is 1. The summed E-state index contributed by atoms with van der Waals surface area (Å²) in [6.07, 6.45) is -6.30. The van der Waals surface area contributed by atoms with Gasteiger partial charge in [-0.3, -0.25) is 9.59 Å². The van der Waals surface area contributed by atoms with Crippen LogP contribution in [0.2, 0.25) is 0 Å². The molecule has 10 heteroatoms. The van der Waals surface area contributed by atoms with Crippen LogP contribution >= 0.6 is 0 Å². The van der Waals surface area contributed by atoms with E-state index in [4.69, 9.17) is 4.74 Å². The van der Waals surface area contributed by atoms with Crippen molar-refractivity contribution in [2.24, 2.45) is 7.05 Å². The Morgan fingerprint density at radius 3 is 2.44 bits per heavy atom. The molecule has 0 bridgehead atoms. The number of rotatable bonds is 6. The molecule has 190 valence electrons. The smallest absolute Gasteiger partial charge is 0.378 e. The number of carbonyl (C=O) groups excluding carboxylic acids is 1. The van der Waals surface area contributed by atoms with Crippen LogP contribution in [0.1, 0.15) is 33.5 Å². The van der Waals surface area contributed by atoms with Gasteiger partial charge in [0, 0.05) is 49.4 Å². The van der Waals surface area contributed by atoms with E-state index in [-0.39, 0.29) is 34.2 Å². The number of halogens is 5. The van der Waals surface area contributed by atoms with Crippen molar-refractivity contribution in [1.82, 2.24) is 4.57 Å². The number of carbonyl (C=O) groups is 1. The predicted octanol–water partition coefficient (Wildman–Crippen LogP) is 5.27. The number of benzene rings is 2. The topological polar surface area (TPSA) is 51.5 Å². The van der Waals surface area contributed by atoms with Gasteiger partial charge in [-0.2, -0.15) is 13.2 Å². The summed E-state index contributed by atoms with van der Waals surface area (Å²) < 4.78 is 73.5. The van der Waals surface area contributed by atoms with Crippen LogP contribution in [0.5, 0.6) is 0 Å². The number of nitrogens with zero attached hydrogens (tertiary/aromatic N) is 2. The van der Waals surface area contributed by atoms with Gasteiger partial charge in [0.1, 0.15) is 5.69 Å². The number of Topliss-reactive ketones (excluding diaryl/α,β-unsaturated/α-hetero) is 1. The summed E-state index contributed by atoms with van der Waals surface area (Å²) in [5.41, 5.74) is -0.526. The van der Waals surface area contributed by atoms with Gasteiger partial charge in [0.05, 0.1) is 18.8 Å². The lowest BCUT2D eigenvalue weighted by Crippen LogP contribution is -2.40. The van der Waals surface area contributed by atoms with E-state index in [2.05, 4.69) is 0 Å². The molecule has 3 aromatic rings. The average Bonchev–Trinajstić information content (AvgIpc) is 2.85. The lowest BCUT2D eigenvalue weighted by molar-refractivity contribution is -0.137. The second kappa shape index (κ2) is 10.2. The van der Waals surface area contributed by atoms with Gasteiger partial charge >= 0.3 is 6.18 Å². The number of ether oxygens (including phenoxy) is 1. The number of hydrogen-bond acceptors (Lipinski definition) is 4. The number of aryl methyl sites for hydroxylation is 1. The third kappa shape index (κ3) is 5.48. The molecule has 1 aromatic heterocycles. The molecule has 0 spiro atoms. The molecule has 0 radical (unpaired) electrons. The Kier molecular flexibility index (Phi) is 7.26. The van der Waals surface area contributed by atoms with Crippen molar-refractivity contribution >= 4 is 11.5 Å². The first kappa shape index (κ1) is 25.6. The Labute approximate surface area is 203 Å². The third-order valence-corrected chi connectivity index (χ3v) is 6.06. The van der Waals surface area contributed by atoms with Crippen LogP contribution < -0.4 is 10.5 Å². The molecular weight excluding hydrogens is 483 g/mol. The minimum absolute atomic E-state index is 0.0741. The first-order valence-corrected chi connectivity index (χ1v) is 11.2. The van der Waals surface area contributed by atoms with E-state index in [0.29, 0.717) is 37.6 Å². The monoisotopic (exact) mass is 506 g/mol. The van der Waals surface area contributed by atoms with E-state index in [1.807, 2.05) is 4.90 Å². The van der Waals surface area contributed by atoms with Gasteiger partial charge < -0.3 is 14.2 Å². The van der Waals surface area contributed by atoms with E-state index < -0.39 is 23.9 Å². The zero-order valence-corrected chi connectivity index (χ0v) is 19.3. The van der Waals surface area contributed by atoms with Gasteiger partial charge in [-0.1, -0.05) is 30.3 Å². The Bertz CT molecular complexity index is 1330. The molecule has 0 amide bonds. The summed E-state index contributed by atoms with van der Waals surface area (Å²) >= 11 is 0. The minimum Gasteiger partial charge on any atom is -0.378 e. The van der Waals surface area contributed by atoms with Crippen molar-refractivity contribution in [3.8, 4) is 11.1 Å². The highest BCUT2D eigenvalue weighted by Gasteiger charge is 2.30. The zero-order chi connectivity index (χ0) is 26.0. The Morgan fingerprint density at radius 2 is 1.78 bits per heavy atom. The molecule has 1 aliphatic rings. The molecule has 1 aliphatic heterocycles. The van der Waals surface area contributed by atoms with Gasteiger partial charge in [0.25, 0.3) is 12.0 Å². The van der Waals surface area contributed by atoms with Crippen molar-refractivity contribution in [2.75, 3.05) is 31.2 Å². The van der Waals surface area contributed by atoms with Gasteiger partial charge in [0.15, 0.2) is 5.78 Å². The second-order valence-electron chi connectivity index (χ2n) is 8.53. The third-order valence-electron chi connectivity index (χ3n) is 6.06. The van der Waals surface area contributed by atoms with Gasteiger partial charge in [-0.25, -0.2) is 8.78 Å². The molecule has 1 fully saturated rings. The molecule has 0 atom stereocenters. The van der Waals surface area contributed by atoms with E-state index in [1.54, 1.807) is 0 Å². The number of alkyl halides is 5. The Balaban J connectivity index is 1.72. The van der Waals surface area contributed by atoms with E-state index in [1.165, 1.54) is 48.1 Å². The summed E-state index contributed by atoms with van der Waals surface area (Å²) in [5.74, 6) is -0.519. The van der Waals surface area contributed by atoms with Crippen LogP contribution in [-0.4, -0.2) is 36.7 Å². The van der Waals surface area contributed by atoms with E-state index in [0.717, 1.165) is 18.2 Å². The fourth-order valence-electron chi connectivity index (χ4n) is 4.19. The van der Waals surface area contributed by atoms with Crippen LogP contribution in [0.15, 0.2) is 59.5 Å². The van der Waals surface area contributed by atoms with Crippen molar-refractivity contribution in [3.63, 3.8) is 0 Å². The normalized spacial score (nSPS) is 14.4. The largest absolute Gasteiger partial charge is 0.416 e. The van der Waals surface area contributed by atoms with Crippen LogP contribution in [0.3, 0.4) is 0 Å². The maximum Gasteiger partial charge on any atom is 0.416 e. The summed E-state index contributed by atoms with van der Waals surface area (Å²) in [4.78, 5) is 27.5.